The predicted octanol–water partition coefficient (Wildman–Crippen LogP) is 6.43. The van der Waals surface area contributed by atoms with Crippen molar-refractivity contribution in [2.45, 2.75) is 116 Å². The Balaban J connectivity index is 3.51. The third-order valence-electron chi connectivity index (χ3n) is 4.96. The van der Waals surface area contributed by atoms with Crippen LogP contribution in [0.25, 0.3) is 0 Å². The fourth-order valence-corrected chi connectivity index (χ4v) is 3.65. The highest BCUT2D eigenvalue weighted by Gasteiger charge is 2.20. The largest absolute Gasteiger partial charge is 0.498 e. The van der Waals surface area contributed by atoms with Crippen molar-refractivity contribution in [3.8, 4) is 0 Å². The van der Waals surface area contributed by atoms with Crippen LogP contribution in [0.1, 0.15) is 110 Å². The lowest BCUT2D eigenvalue weighted by molar-refractivity contribution is -0.150. The topological polar surface area (TPSA) is 102 Å². The molecule has 0 spiro atoms. The van der Waals surface area contributed by atoms with Gasteiger partial charge >= 0.3 is 13.8 Å². The number of hydrogen-bond acceptors (Lipinski definition) is 5. The summed E-state index contributed by atoms with van der Waals surface area (Å²) in [7, 11) is -4.61. The van der Waals surface area contributed by atoms with E-state index in [2.05, 4.69) is 11.4 Å². The van der Waals surface area contributed by atoms with Gasteiger partial charge in [-0.15, -0.1) is 0 Å². The third-order valence-corrected chi connectivity index (χ3v) is 5.45. The molecule has 0 saturated heterocycles. The van der Waals surface area contributed by atoms with Crippen molar-refractivity contribution in [2.24, 2.45) is 0 Å². The molecule has 0 saturated carbocycles. The molecule has 1 atom stereocenters. The highest BCUT2D eigenvalue weighted by atomic mass is 31.2. The number of hydrogen-bond donors (Lipinski definition) is 2. The summed E-state index contributed by atoms with van der Waals surface area (Å²) >= 11 is 0. The molecule has 0 aliphatic rings. The van der Waals surface area contributed by atoms with E-state index < -0.39 is 26.5 Å². The Kier molecular flexibility index (Phi) is 20.4. The average Bonchev–Trinajstić information content (AvgIpc) is 2.70. The molecule has 0 fully saturated rings. The molecular formula is C23H45O7P. The number of carbonyl (C=O) groups excluding carboxylic acids is 1. The second kappa shape index (κ2) is 21.0. The molecule has 0 unspecified atom stereocenters. The van der Waals surface area contributed by atoms with E-state index in [0.29, 0.717) is 0 Å². The quantitative estimate of drug-likeness (QED) is 0.0823. The molecule has 0 aliphatic heterocycles. The monoisotopic (exact) mass is 464 g/mol. The molecule has 8 heteroatoms. The van der Waals surface area contributed by atoms with Gasteiger partial charge in [0.25, 0.3) is 0 Å². The zero-order valence-electron chi connectivity index (χ0n) is 19.6. The van der Waals surface area contributed by atoms with Crippen molar-refractivity contribution in [1.29, 1.82) is 0 Å². The molecule has 0 heterocycles. The summed E-state index contributed by atoms with van der Waals surface area (Å²) in [4.78, 5) is 28.5. The van der Waals surface area contributed by atoms with E-state index in [1.807, 2.05) is 6.08 Å². The van der Waals surface area contributed by atoms with Crippen molar-refractivity contribution in [3.63, 3.8) is 0 Å². The van der Waals surface area contributed by atoms with Gasteiger partial charge < -0.3 is 19.3 Å². The Morgan fingerprint density at radius 2 is 1.32 bits per heavy atom. The van der Waals surface area contributed by atoms with Gasteiger partial charge in [0, 0.05) is 6.92 Å². The first-order valence-corrected chi connectivity index (χ1v) is 13.5. The number of unbranched alkanes of at least 4 members (excludes halogenated alkanes) is 14. The fraction of sp³-hybridized carbons (Fsp3) is 0.870. The van der Waals surface area contributed by atoms with Crippen LogP contribution < -0.4 is 0 Å². The van der Waals surface area contributed by atoms with Crippen molar-refractivity contribution < 1.29 is 33.1 Å². The molecular weight excluding hydrogens is 419 g/mol. The highest BCUT2D eigenvalue weighted by molar-refractivity contribution is 7.46. The van der Waals surface area contributed by atoms with Gasteiger partial charge in [0.05, 0.1) is 12.9 Å². The zero-order valence-corrected chi connectivity index (χ0v) is 20.5. The van der Waals surface area contributed by atoms with E-state index >= 15 is 0 Å². The summed E-state index contributed by atoms with van der Waals surface area (Å²) in [5, 5.41) is 0. The fourth-order valence-electron chi connectivity index (χ4n) is 3.29. The van der Waals surface area contributed by atoms with Crippen LogP contribution in [0.5, 0.6) is 0 Å². The lowest BCUT2D eigenvalue weighted by Crippen LogP contribution is -2.26. The van der Waals surface area contributed by atoms with Gasteiger partial charge in [-0.25, -0.2) is 4.57 Å². The van der Waals surface area contributed by atoms with Gasteiger partial charge in [-0.05, 0) is 18.9 Å². The summed E-state index contributed by atoms with van der Waals surface area (Å²) in [5.41, 5.74) is 0. The van der Waals surface area contributed by atoms with Crippen molar-refractivity contribution >= 4 is 13.8 Å². The van der Waals surface area contributed by atoms with E-state index in [9.17, 15) is 9.36 Å². The van der Waals surface area contributed by atoms with Crippen LogP contribution in [-0.4, -0.2) is 35.1 Å². The summed E-state index contributed by atoms with van der Waals surface area (Å²) in [6.07, 6.45) is 22.2. The van der Waals surface area contributed by atoms with Gasteiger partial charge in [-0.2, -0.15) is 0 Å². The minimum absolute atomic E-state index is 0.0190. The molecule has 0 bridgehead atoms. The summed E-state index contributed by atoms with van der Waals surface area (Å²) in [6, 6.07) is 0. The van der Waals surface area contributed by atoms with E-state index in [0.717, 1.165) is 12.8 Å². The van der Waals surface area contributed by atoms with Crippen LogP contribution in [0.15, 0.2) is 12.3 Å². The molecule has 0 aromatic carbocycles. The summed E-state index contributed by atoms with van der Waals surface area (Å²) in [5.74, 6) is -0.561. The normalized spacial score (nSPS) is 12.9. The second-order valence-corrected chi connectivity index (χ2v) is 9.35. The van der Waals surface area contributed by atoms with Crippen LogP contribution in [0.2, 0.25) is 0 Å². The molecule has 0 aromatic heterocycles. The molecule has 0 rings (SSSR count). The van der Waals surface area contributed by atoms with Gasteiger partial charge in [0.2, 0.25) is 0 Å². The molecule has 0 amide bonds. The lowest BCUT2D eigenvalue weighted by atomic mass is 10.0. The Morgan fingerprint density at radius 3 is 1.77 bits per heavy atom. The maximum atomic E-state index is 11.0. The van der Waals surface area contributed by atoms with Crippen LogP contribution in [-0.2, 0) is 23.4 Å². The standard InChI is InChI=1S/C23H45O7P/c1-3-4-5-6-7-8-9-10-11-12-13-14-15-16-17-18-19-28-20-23(30-22(2)24)21-29-31(25,26)27/h18-19,23H,3-17,20-21H2,1-2H3,(H2,25,26,27)/b19-18+/t23-/m0/s1. The Morgan fingerprint density at radius 1 is 0.839 bits per heavy atom. The molecule has 31 heavy (non-hydrogen) atoms. The number of allylic oxidation sites excluding steroid dienone is 1. The van der Waals surface area contributed by atoms with Crippen molar-refractivity contribution in [2.75, 3.05) is 13.2 Å². The van der Waals surface area contributed by atoms with E-state index in [-0.39, 0.29) is 6.61 Å². The number of esters is 1. The Hall–Kier alpha value is -0.880. The molecule has 0 aromatic rings. The minimum atomic E-state index is -4.61. The number of carbonyl (C=O) groups is 1. The number of phosphoric acid groups is 1. The van der Waals surface area contributed by atoms with E-state index in [1.165, 1.54) is 96.7 Å². The molecule has 2 N–H and O–H groups in total. The van der Waals surface area contributed by atoms with Crippen LogP contribution in [0, 0.1) is 0 Å². The molecule has 184 valence electrons. The average molecular weight is 465 g/mol. The number of rotatable bonds is 22. The minimum Gasteiger partial charge on any atom is -0.498 e. The van der Waals surface area contributed by atoms with E-state index in [4.69, 9.17) is 19.3 Å². The van der Waals surface area contributed by atoms with Gasteiger partial charge in [0.15, 0.2) is 6.10 Å². The van der Waals surface area contributed by atoms with Gasteiger partial charge in [0.1, 0.15) is 6.61 Å². The van der Waals surface area contributed by atoms with E-state index in [1.54, 1.807) is 0 Å². The third kappa shape index (κ3) is 25.3. The summed E-state index contributed by atoms with van der Waals surface area (Å²) in [6.45, 7) is 3.04. The predicted molar refractivity (Wildman–Crippen MR) is 124 cm³/mol. The summed E-state index contributed by atoms with van der Waals surface area (Å²) < 4.78 is 25.3. The van der Waals surface area contributed by atoms with Crippen molar-refractivity contribution in [3.05, 3.63) is 12.3 Å². The van der Waals surface area contributed by atoms with Gasteiger partial charge in [-0.1, -0.05) is 90.4 Å². The van der Waals surface area contributed by atoms with Gasteiger partial charge in [-0.3, -0.25) is 9.32 Å². The maximum Gasteiger partial charge on any atom is 0.469 e. The number of ether oxygens (including phenoxy) is 2. The van der Waals surface area contributed by atoms with Crippen LogP contribution in [0.4, 0.5) is 0 Å². The highest BCUT2D eigenvalue weighted by Crippen LogP contribution is 2.35. The van der Waals surface area contributed by atoms with Crippen molar-refractivity contribution in [1.82, 2.24) is 0 Å². The molecule has 7 nitrogen and oxygen atoms in total. The maximum absolute atomic E-state index is 11.0. The Bertz CT molecular complexity index is 490. The first-order valence-electron chi connectivity index (χ1n) is 12.0. The first kappa shape index (κ1) is 30.1. The lowest BCUT2D eigenvalue weighted by Gasteiger charge is -2.16. The van der Waals surface area contributed by atoms with Crippen LogP contribution in [0.3, 0.4) is 0 Å². The Labute approximate surface area is 189 Å². The molecule has 0 aliphatic carbocycles. The molecule has 0 radical (unpaired) electrons. The SMILES string of the molecule is CCCCCCCCCCCCCCCC/C=C/OC[C@@H](COP(=O)(O)O)OC(C)=O. The second-order valence-electron chi connectivity index (χ2n) is 8.11. The number of phosphoric ester groups is 1. The smallest absolute Gasteiger partial charge is 0.469 e. The van der Waals surface area contributed by atoms with Crippen LogP contribution >= 0.6 is 7.82 Å². The first-order chi connectivity index (χ1) is 14.8. The zero-order chi connectivity index (χ0) is 23.2.